The summed E-state index contributed by atoms with van der Waals surface area (Å²) in [4.78, 5) is 57.1. The van der Waals surface area contributed by atoms with Crippen molar-refractivity contribution in [3.05, 3.63) is 108 Å². The molecular formula is C65H90N6O8. The van der Waals surface area contributed by atoms with E-state index in [1.165, 1.54) is 48.2 Å². The number of likely N-dealkylation sites (tertiary alicyclic amines) is 2. The van der Waals surface area contributed by atoms with Gasteiger partial charge in [0.1, 0.15) is 34.1 Å². The highest BCUT2D eigenvalue weighted by atomic mass is 16.5. The van der Waals surface area contributed by atoms with E-state index >= 15 is 0 Å². The number of fused-ring (bicyclic) bond motifs is 3. The molecule has 4 N–H and O–H groups in total. The van der Waals surface area contributed by atoms with E-state index in [1.807, 2.05) is 28.0 Å². The maximum absolute atomic E-state index is 13.9. The quantitative estimate of drug-likeness (QED) is 0.116. The highest BCUT2D eigenvalue weighted by molar-refractivity contribution is 5.97. The average molecular weight is 1080 g/mol. The van der Waals surface area contributed by atoms with Gasteiger partial charge in [-0.05, 0) is 124 Å². The minimum absolute atomic E-state index is 0.0525. The van der Waals surface area contributed by atoms with Gasteiger partial charge in [-0.25, -0.2) is 0 Å². The summed E-state index contributed by atoms with van der Waals surface area (Å²) in [5.74, 6) is 3.13. The zero-order valence-corrected chi connectivity index (χ0v) is 47.8. The van der Waals surface area contributed by atoms with Crippen molar-refractivity contribution in [2.24, 2.45) is 29.4 Å². The summed E-state index contributed by atoms with van der Waals surface area (Å²) in [6.07, 6.45) is 21.7. The lowest BCUT2D eigenvalue weighted by molar-refractivity contribution is -0.143. The third-order valence-electron chi connectivity index (χ3n) is 19.2. The molecule has 1 saturated carbocycles. The summed E-state index contributed by atoms with van der Waals surface area (Å²) in [6, 6.07) is 25.5. The molecule has 428 valence electrons. The van der Waals surface area contributed by atoms with Crippen LogP contribution in [0.5, 0.6) is 17.2 Å². The van der Waals surface area contributed by atoms with Gasteiger partial charge in [0.2, 0.25) is 17.6 Å². The third-order valence-corrected chi connectivity index (χ3v) is 19.2. The molecule has 79 heavy (non-hydrogen) atoms. The number of nitrogens with one attached hydrogen (secondary N) is 2. The zero-order chi connectivity index (χ0) is 55.4. The number of para-hydroxylation sites is 3. The van der Waals surface area contributed by atoms with Crippen LogP contribution in [0.3, 0.4) is 0 Å². The zero-order valence-electron chi connectivity index (χ0n) is 47.8. The van der Waals surface area contributed by atoms with Gasteiger partial charge in [0.05, 0.1) is 18.3 Å². The molecule has 3 spiro atoms. The first-order chi connectivity index (χ1) is 38.3. The maximum atomic E-state index is 13.9. The number of benzene rings is 3. The third kappa shape index (κ3) is 14.4. The van der Waals surface area contributed by atoms with E-state index in [0.29, 0.717) is 25.4 Å². The van der Waals surface area contributed by atoms with E-state index in [9.17, 15) is 19.2 Å². The Morgan fingerprint density at radius 2 is 1.10 bits per heavy atom. The fraction of sp³-hybridized carbons (Fsp3) is 0.615. The molecule has 0 bridgehead atoms. The van der Waals surface area contributed by atoms with E-state index in [-0.39, 0.29) is 64.5 Å². The van der Waals surface area contributed by atoms with Crippen molar-refractivity contribution in [3.63, 3.8) is 0 Å². The summed E-state index contributed by atoms with van der Waals surface area (Å²) < 4.78 is 24.1. The number of aromatic nitrogens is 1. The second kappa shape index (κ2) is 26.7. The Morgan fingerprint density at radius 1 is 0.633 bits per heavy atom. The summed E-state index contributed by atoms with van der Waals surface area (Å²) in [5.41, 5.74) is 9.87. The number of carbonyl (C=O) groups excluding carboxylic acids is 4. The van der Waals surface area contributed by atoms with E-state index in [2.05, 4.69) is 98.1 Å². The van der Waals surface area contributed by atoms with Crippen molar-refractivity contribution in [1.29, 1.82) is 0 Å². The van der Waals surface area contributed by atoms with Crippen molar-refractivity contribution >= 4 is 23.5 Å². The van der Waals surface area contributed by atoms with Gasteiger partial charge in [-0.1, -0.05) is 132 Å². The first-order valence-electron chi connectivity index (χ1n) is 30.4. The molecule has 11 rings (SSSR count). The molecule has 0 unspecified atom stereocenters. The van der Waals surface area contributed by atoms with Crippen LogP contribution in [0, 0.1) is 23.7 Å². The molecule has 6 aliphatic heterocycles. The first-order valence-corrected chi connectivity index (χ1v) is 30.4. The number of ketones is 1. The Morgan fingerprint density at radius 3 is 1.57 bits per heavy atom. The van der Waals surface area contributed by atoms with Crippen molar-refractivity contribution < 1.29 is 37.9 Å². The summed E-state index contributed by atoms with van der Waals surface area (Å²) in [6.45, 7) is 13.2. The van der Waals surface area contributed by atoms with Crippen LogP contribution < -0.4 is 30.6 Å². The van der Waals surface area contributed by atoms with E-state index < -0.39 is 17.9 Å². The van der Waals surface area contributed by atoms with Gasteiger partial charge >= 0.3 is 0 Å². The monoisotopic (exact) mass is 1080 g/mol. The molecule has 3 saturated heterocycles. The largest absolute Gasteiger partial charge is 0.487 e. The Kier molecular flexibility index (Phi) is 19.6. The number of amides is 3. The Bertz CT molecular complexity index is 2630. The topological polar surface area (TPSA) is 179 Å². The van der Waals surface area contributed by atoms with Crippen molar-refractivity contribution in [3.8, 4) is 17.2 Å². The molecule has 7 aliphatic rings. The number of aryl methyl sites for hydroxylation is 3. The highest BCUT2D eigenvalue weighted by Crippen LogP contribution is 2.42. The number of ether oxygens (including phenoxy) is 3. The van der Waals surface area contributed by atoms with Gasteiger partial charge in [0.25, 0.3) is 5.91 Å². The van der Waals surface area contributed by atoms with Crippen molar-refractivity contribution in [2.75, 3.05) is 39.3 Å². The lowest BCUT2D eigenvalue weighted by Gasteiger charge is -2.45. The van der Waals surface area contributed by atoms with Crippen molar-refractivity contribution in [2.45, 2.75) is 191 Å². The first kappa shape index (κ1) is 57.9. The molecule has 7 heterocycles. The standard InChI is InChI=1S/C33H45N3O5.C19H28N2O2.C13H17NO/c1-3-23(2)26(32(39)36-19-16-33(17-20-36)15-13-25-11-7-8-12-29(25)40-33)22-28(37)27(21-24-9-5-4-6-10-24)35-31(38)30-14-18-34-41-30;1-3-14(2)17(20)18(22)21-12-10-19(11-13-21)9-8-15-6-4-5-7-16(15)23-19;1-2-4-12-11(3-1)5-6-13(15-12)7-9-14-10-8-13/h7-8,11-12,14,18,23-24,26-27H,3-6,9-10,13,15-17,19-22H2,1-2H3,(H,35,38);4-7,14,17H,3,8-13,20H2,1-2H3;1-4,14H,5-10H2/t23-,26-,27-;14-,17-;/m00./s1. The number of carbonyl (C=O) groups is 4. The van der Waals surface area contributed by atoms with Crippen molar-refractivity contribution in [1.82, 2.24) is 25.6 Å². The second-order valence-corrected chi connectivity index (χ2v) is 24.3. The molecule has 14 nitrogen and oxygen atoms in total. The van der Waals surface area contributed by atoms with E-state index in [1.54, 1.807) is 0 Å². The van der Waals surface area contributed by atoms with Crippen LogP contribution in [0.2, 0.25) is 0 Å². The van der Waals surface area contributed by atoms with Crippen LogP contribution in [0.1, 0.15) is 171 Å². The Labute approximate surface area is 470 Å². The number of piperidine rings is 3. The maximum Gasteiger partial charge on any atom is 0.290 e. The fourth-order valence-corrected chi connectivity index (χ4v) is 13.3. The number of hydrogen-bond acceptors (Lipinski definition) is 11. The van der Waals surface area contributed by atoms with Gasteiger partial charge < -0.3 is 44.9 Å². The van der Waals surface area contributed by atoms with Crippen LogP contribution in [0.15, 0.2) is 89.6 Å². The number of nitrogens with two attached hydrogens (primary N) is 1. The molecular weight excluding hydrogens is 993 g/mol. The van der Waals surface area contributed by atoms with Gasteiger partial charge in [-0.2, -0.15) is 0 Å². The van der Waals surface area contributed by atoms with E-state index in [0.717, 1.165) is 146 Å². The van der Waals surface area contributed by atoms with Gasteiger partial charge in [-0.3, -0.25) is 19.2 Å². The smallest absolute Gasteiger partial charge is 0.290 e. The predicted octanol–water partition coefficient (Wildman–Crippen LogP) is 10.6. The minimum atomic E-state index is -0.643. The lowest BCUT2D eigenvalue weighted by Crippen LogP contribution is -2.55. The number of Topliss-reactive ketones (excluding diaryl/α,β-unsaturated/α-hetero) is 1. The van der Waals surface area contributed by atoms with E-state index in [4.69, 9.17) is 24.5 Å². The van der Waals surface area contributed by atoms with Crippen LogP contribution in [0.25, 0.3) is 0 Å². The summed E-state index contributed by atoms with van der Waals surface area (Å²) in [7, 11) is 0. The number of nitrogens with zero attached hydrogens (tertiary/aromatic N) is 3. The fourth-order valence-electron chi connectivity index (χ4n) is 13.3. The van der Waals surface area contributed by atoms with Crippen LogP contribution in [0.4, 0.5) is 0 Å². The summed E-state index contributed by atoms with van der Waals surface area (Å²) in [5, 5.41) is 9.96. The molecule has 4 fully saturated rings. The molecule has 3 aromatic carbocycles. The molecule has 4 aromatic rings. The molecule has 1 aromatic heterocycles. The van der Waals surface area contributed by atoms with Crippen LogP contribution in [-0.2, 0) is 33.6 Å². The highest BCUT2D eigenvalue weighted by Gasteiger charge is 2.44. The minimum Gasteiger partial charge on any atom is -0.487 e. The molecule has 5 atom stereocenters. The summed E-state index contributed by atoms with van der Waals surface area (Å²) >= 11 is 0. The number of rotatable bonds is 13. The predicted molar refractivity (Wildman–Crippen MR) is 307 cm³/mol. The van der Waals surface area contributed by atoms with Crippen LogP contribution >= 0.6 is 0 Å². The number of hydrogen-bond donors (Lipinski definition) is 3. The SMILES string of the molecule is CC[C@H](C)[C@H](CC(=O)[C@H](CC1CCCCC1)NC(=O)c1ccno1)C(=O)N1CCC2(CCc3ccccc3O2)CC1.CC[C@H](C)[C@H](N)C(=O)N1CCC2(CCc3ccccc3O2)CC1.c1ccc2c(c1)CCC1(CCNCC1)O2. The Balaban J connectivity index is 0.000000165. The lowest BCUT2D eigenvalue weighted by atomic mass is 9.79. The Hall–Kier alpha value is -5.73. The normalized spacial score (nSPS) is 21.7. The molecule has 1 aliphatic carbocycles. The molecule has 3 amide bonds. The molecule has 0 radical (unpaired) electrons. The van der Waals surface area contributed by atoms with Gasteiger partial charge in [-0.15, -0.1) is 0 Å². The van der Waals surface area contributed by atoms with Gasteiger partial charge in [0, 0.05) is 70.3 Å². The van der Waals surface area contributed by atoms with Crippen LogP contribution in [-0.4, -0.2) is 107 Å². The molecule has 14 heteroatoms. The second-order valence-electron chi connectivity index (χ2n) is 24.3. The average Bonchev–Trinajstić information content (AvgIpc) is 4.11. The van der Waals surface area contributed by atoms with Gasteiger partial charge in [0.15, 0.2) is 5.78 Å².